The number of rotatable bonds is 8. The fraction of sp³-hybridized carbons (Fsp3) is 0.562. The molecule has 23 heavy (non-hydrogen) atoms. The number of nitrogens with two attached hydrogens (primary N) is 1. The lowest BCUT2D eigenvalue weighted by molar-refractivity contribution is 0.591. The van der Waals surface area contributed by atoms with Crippen LogP contribution < -0.4 is 15.8 Å². The van der Waals surface area contributed by atoms with E-state index in [1.165, 1.54) is 19.3 Å². The van der Waals surface area contributed by atoms with Gasteiger partial charge in [-0.25, -0.2) is 8.42 Å². The second-order valence-corrected chi connectivity index (χ2v) is 7.98. The Morgan fingerprint density at radius 1 is 1.26 bits per heavy atom. The van der Waals surface area contributed by atoms with Crippen molar-refractivity contribution in [3.8, 4) is 0 Å². The maximum absolute atomic E-state index is 12.3. The van der Waals surface area contributed by atoms with Gasteiger partial charge in [-0.05, 0) is 56.6 Å². The Balaban J connectivity index is 2.78. The Labute approximate surface area is 145 Å². The molecule has 5 nitrogen and oxygen atoms in total. The highest BCUT2D eigenvalue weighted by Crippen LogP contribution is 2.21. The summed E-state index contributed by atoms with van der Waals surface area (Å²) in [6.45, 7) is 5.92. The molecule has 1 rings (SSSR count). The lowest BCUT2D eigenvalue weighted by Crippen LogP contribution is -2.42. The SMILES string of the molecule is CCCCCCc1ccc(S(=O)(=O)NC(=S)NC(C)C)c(N)c1. The number of sulfonamides is 1. The van der Waals surface area contributed by atoms with Crippen molar-refractivity contribution in [3.63, 3.8) is 0 Å². The molecule has 4 N–H and O–H groups in total. The van der Waals surface area contributed by atoms with Gasteiger partial charge in [-0.3, -0.25) is 4.72 Å². The van der Waals surface area contributed by atoms with Crippen LogP contribution in [0.15, 0.2) is 23.1 Å². The Hall–Kier alpha value is -1.34. The van der Waals surface area contributed by atoms with Crippen LogP contribution in [0.1, 0.15) is 52.0 Å². The molecule has 0 amide bonds. The van der Waals surface area contributed by atoms with E-state index in [-0.39, 0.29) is 21.7 Å². The minimum absolute atomic E-state index is 0.0491. The standard InChI is InChI=1S/C16H27N3O2S2/c1-4-5-6-7-8-13-9-10-15(14(17)11-13)23(20,21)19-16(22)18-12(2)3/h9-12H,4-8,17H2,1-3H3,(H2,18,19,22). The first-order chi connectivity index (χ1) is 10.8. The van der Waals surface area contributed by atoms with Gasteiger partial charge >= 0.3 is 0 Å². The van der Waals surface area contributed by atoms with Crippen molar-refractivity contribution < 1.29 is 8.42 Å². The second-order valence-electron chi connectivity index (χ2n) is 5.92. The van der Waals surface area contributed by atoms with Crippen molar-refractivity contribution in [3.05, 3.63) is 23.8 Å². The van der Waals surface area contributed by atoms with Gasteiger partial charge in [0.15, 0.2) is 5.11 Å². The quantitative estimate of drug-likeness (QED) is 0.378. The first-order valence-corrected chi connectivity index (χ1v) is 9.87. The molecule has 0 radical (unpaired) electrons. The lowest BCUT2D eigenvalue weighted by Gasteiger charge is -2.15. The van der Waals surface area contributed by atoms with Crippen LogP contribution in [-0.4, -0.2) is 19.6 Å². The summed E-state index contributed by atoms with van der Waals surface area (Å²) < 4.78 is 27.0. The summed E-state index contributed by atoms with van der Waals surface area (Å²) in [4.78, 5) is 0.0581. The number of unbranched alkanes of at least 4 members (excludes halogenated alkanes) is 3. The summed E-state index contributed by atoms with van der Waals surface area (Å²) in [5, 5.41) is 2.91. The molecule has 0 aromatic heterocycles. The first kappa shape index (κ1) is 19.7. The van der Waals surface area contributed by atoms with Crippen molar-refractivity contribution in [2.45, 2.75) is 63.8 Å². The number of nitrogen functional groups attached to an aromatic ring is 1. The molecule has 0 saturated heterocycles. The van der Waals surface area contributed by atoms with E-state index >= 15 is 0 Å². The first-order valence-electron chi connectivity index (χ1n) is 7.98. The zero-order valence-electron chi connectivity index (χ0n) is 14.1. The molecule has 0 atom stereocenters. The van der Waals surface area contributed by atoms with Crippen molar-refractivity contribution in [2.75, 3.05) is 5.73 Å². The van der Waals surface area contributed by atoms with Crippen LogP contribution in [0, 0.1) is 0 Å². The molecule has 0 heterocycles. The van der Waals surface area contributed by atoms with Gasteiger partial charge in [0.1, 0.15) is 4.90 Å². The molecule has 1 aromatic carbocycles. The van der Waals surface area contributed by atoms with Gasteiger partial charge in [-0.2, -0.15) is 0 Å². The summed E-state index contributed by atoms with van der Waals surface area (Å²) in [5.74, 6) is 0. The van der Waals surface area contributed by atoms with Crippen molar-refractivity contribution >= 4 is 33.0 Å². The predicted octanol–water partition coefficient (Wildman–Crippen LogP) is 2.95. The fourth-order valence-electron chi connectivity index (χ4n) is 2.22. The van der Waals surface area contributed by atoms with Crippen LogP contribution in [0.3, 0.4) is 0 Å². The van der Waals surface area contributed by atoms with E-state index in [9.17, 15) is 8.42 Å². The highest BCUT2D eigenvalue weighted by Gasteiger charge is 2.19. The molecular formula is C16H27N3O2S2. The van der Waals surface area contributed by atoms with E-state index in [1.807, 2.05) is 19.9 Å². The van der Waals surface area contributed by atoms with Crippen LogP contribution in [0.2, 0.25) is 0 Å². The minimum Gasteiger partial charge on any atom is -0.398 e. The Morgan fingerprint density at radius 2 is 1.96 bits per heavy atom. The topological polar surface area (TPSA) is 84.2 Å². The van der Waals surface area contributed by atoms with E-state index in [0.29, 0.717) is 0 Å². The van der Waals surface area contributed by atoms with Gasteiger partial charge in [0.05, 0.1) is 5.69 Å². The predicted molar refractivity (Wildman–Crippen MR) is 99.9 cm³/mol. The van der Waals surface area contributed by atoms with E-state index in [0.717, 1.165) is 18.4 Å². The molecular weight excluding hydrogens is 330 g/mol. The van der Waals surface area contributed by atoms with Crippen LogP contribution in [0.5, 0.6) is 0 Å². The Morgan fingerprint density at radius 3 is 2.52 bits per heavy atom. The van der Waals surface area contributed by atoms with Crippen LogP contribution in [0.4, 0.5) is 5.69 Å². The number of thiocarbonyl (C=S) groups is 1. The van der Waals surface area contributed by atoms with E-state index < -0.39 is 10.0 Å². The van der Waals surface area contributed by atoms with Crippen molar-refractivity contribution in [1.82, 2.24) is 10.0 Å². The molecule has 0 aliphatic heterocycles. The summed E-state index contributed by atoms with van der Waals surface area (Å²) in [5.41, 5.74) is 7.24. The minimum atomic E-state index is -3.76. The summed E-state index contributed by atoms with van der Waals surface area (Å²) in [7, 11) is -3.76. The number of benzene rings is 1. The molecule has 1 aromatic rings. The number of aryl methyl sites for hydroxylation is 1. The summed E-state index contributed by atoms with van der Waals surface area (Å²) >= 11 is 4.99. The van der Waals surface area contributed by atoms with Crippen molar-refractivity contribution in [1.29, 1.82) is 0 Å². The maximum atomic E-state index is 12.3. The molecule has 0 saturated carbocycles. The molecule has 7 heteroatoms. The molecule has 0 unspecified atom stereocenters. The van der Waals surface area contributed by atoms with E-state index in [1.54, 1.807) is 12.1 Å². The van der Waals surface area contributed by atoms with Crippen LogP contribution >= 0.6 is 12.2 Å². The Kier molecular flexibility index (Phi) is 7.78. The van der Waals surface area contributed by atoms with Gasteiger partial charge in [0, 0.05) is 6.04 Å². The zero-order valence-corrected chi connectivity index (χ0v) is 15.7. The third-order valence-electron chi connectivity index (χ3n) is 3.33. The molecule has 0 spiro atoms. The fourth-order valence-corrected chi connectivity index (χ4v) is 3.82. The third kappa shape index (κ3) is 6.74. The molecule has 0 aliphatic rings. The highest BCUT2D eigenvalue weighted by molar-refractivity contribution is 7.92. The Bertz CT molecular complexity index is 628. The van der Waals surface area contributed by atoms with Gasteiger partial charge in [-0.15, -0.1) is 0 Å². The molecule has 0 fully saturated rings. The van der Waals surface area contributed by atoms with Gasteiger partial charge in [-0.1, -0.05) is 32.3 Å². The average Bonchev–Trinajstić information content (AvgIpc) is 2.41. The zero-order chi connectivity index (χ0) is 17.5. The van der Waals surface area contributed by atoms with Crippen molar-refractivity contribution in [2.24, 2.45) is 0 Å². The molecule has 0 aliphatic carbocycles. The third-order valence-corrected chi connectivity index (χ3v) is 5.10. The highest BCUT2D eigenvalue weighted by atomic mass is 32.2. The largest absolute Gasteiger partial charge is 0.398 e. The van der Waals surface area contributed by atoms with Crippen LogP contribution in [-0.2, 0) is 16.4 Å². The summed E-state index contributed by atoms with van der Waals surface area (Å²) in [6.07, 6.45) is 5.57. The number of hydrogen-bond donors (Lipinski definition) is 3. The maximum Gasteiger partial charge on any atom is 0.265 e. The van der Waals surface area contributed by atoms with Gasteiger partial charge in [0.25, 0.3) is 10.0 Å². The van der Waals surface area contributed by atoms with Gasteiger partial charge in [0.2, 0.25) is 0 Å². The van der Waals surface area contributed by atoms with E-state index in [4.69, 9.17) is 18.0 Å². The monoisotopic (exact) mass is 357 g/mol. The van der Waals surface area contributed by atoms with E-state index in [2.05, 4.69) is 17.0 Å². The van der Waals surface area contributed by atoms with Gasteiger partial charge < -0.3 is 11.1 Å². The normalized spacial score (nSPS) is 11.5. The number of anilines is 1. The number of hydrogen-bond acceptors (Lipinski definition) is 4. The molecule has 0 bridgehead atoms. The summed E-state index contributed by atoms with van der Waals surface area (Å²) in [6, 6.07) is 5.15. The molecule has 130 valence electrons. The smallest absolute Gasteiger partial charge is 0.265 e. The lowest BCUT2D eigenvalue weighted by atomic mass is 10.1. The van der Waals surface area contributed by atoms with Crippen LogP contribution in [0.25, 0.3) is 0 Å². The second kappa shape index (κ2) is 9.08. The number of nitrogens with one attached hydrogen (secondary N) is 2. The average molecular weight is 358 g/mol.